The van der Waals surface area contributed by atoms with Crippen LogP contribution in [0.15, 0.2) is 64.9 Å². The summed E-state index contributed by atoms with van der Waals surface area (Å²) in [5, 5.41) is 6.56. The molecule has 150 valence electrons. The molecule has 0 atom stereocenters. The number of sulfonamides is 1. The molecule has 3 amide bonds. The SMILES string of the molecule is Cc1ccc(NS(=O)(=O)c2ccsc2C(=O)Nc2cccc(NC(N)=O)c2)cc1. The zero-order valence-corrected chi connectivity index (χ0v) is 16.9. The Morgan fingerprint density at radius 1 is 0.931 bits per heavy atom. The van der Waals surface area contributed by atoms with Crippen molar-refractivity contribution in [2.75, 3.05) is 15.4 Å². The molecule has 10 heteroatoms. The summed E-state index contributed by atoms with van der Waals surface area (Å²) >= 11 is 1.01. The molecule has 0 saturated heterocycles. The molecule has 0 aliphatic carbocycles. The van der Waals surface area contributed by atoms with E-state index in [-0.39, 0.29) is 9.77 Å². The molecule has 0 radical (unpaired) electrons. The lowest BCUT2D eigenvalue weighted by molar-refractivity contribution is 0.102. The number of aryl methyl sites for hydroxylation is 1. The Kier molecular flexibility index (Phi) is 5.85. The summed E-state index contributed by atoms with van der Waals surface area (Å²) in [7, 11) is -3.95. The summed E-state index contributed by atoms with van der Waals surface area (Å²) < 4.78 is 28.0. The summed E-state index contributed by atoms with van der Waals surface area (Å²) in [6.45, 7) is 1.90. The van der Waals surface area contributed by atoms with Crippen LogP contribution in [-0.2, 0) is 10.0 Å². The lowest BCUT2D eigenvalue weighted by Crippen LogP contribution is -2.20. The Labute approximate surface area is 171 Å². The van der Waals surface area contributed by atoms with Crippen LogP contribution in [0.4, 0.5) is 21.9 Å². The zero-order valence-electron chi connectivity index (χ0n) is 15.3. The Bertz CT molecular complexity index is 1150. The highest BCUT2D eigenvalue weighted by Gasteiger charge is 2.24. The molecule has 1 heterocycles. The Hall–Kier alpha value is -3.37. The van der Waals surface area contributed by atoms with E-state index in [2.05, 4.69) is 15.4 Å². The number of carbonyl (C=O) groups excluding carboxylic acids is 2. The maximum atomic E-state index is 12.8. The van der Waals surface area contributed by atoms with Crippen molar-refractivity contribution in [1.82, 2.24) is 0 Å². The number of thiophene rings is 1. The number of anilines is 3. The van der Waals surface area contributed by atoms with Gasteiger partial charge < -0.3 is 16.4 Å². The van der Waals surface area contributed by atoms with Crippen LogP contribution in [0, 0.1) is 6.92 Å². The van der Waals surface area contributed by atoms with E-state index in [1.165, 1.54) is 17.5 Å². The van der Waals surface area contributed by atoms with Crippen LogP contribution in [0.2, 0.25) is 0 Å². The Morgan fingerprint density at radius 3 is 2.24 bits per heavy atom. The van der Waals surface area contributed by atoms with Gasteiger partial charge in [0.2, 0.25) is 0 Å². The monoisotopic (exact) mass is 430 g/mol. The third-order valence-electron chi connectivity index (χ3n) is 3.82. The minimum Gasteiger partial charge on any atom is -0.351 e. The predicted octanol–water partition coefficient (Wildman–Crippen LogP) is 3.60. The van der Waals surface area contributed by atoms with E-state index in [1.807, 2.05) is 6.92 Å². The first-order chi connectivity index (χ1) is 13.7. The molecule has 1 aromatic heterocycles. The second kappa shape index (κ2) is 8.33. The summed E-state index contributed by atoms with van der Waals surface area (Å²) in [6, 6.07) is 13.8. The molecular formula is C19H18N4O4S2. The van der Waals surface area contributed by atoms with Crippen LogP contribution < -0.4 is 21.1 Å². The molecule has 3 aromatic rings. The average molecular weight is 431 g/mol. The van der Waals surface area contributed by atoms with Gasteiger partial charge in [-0.2, -0.15) is 0 Å². The van der Waals surface area contributed by atoms with E-state index in [4.69, 9.17) is 5.73 Å². The number of nitrogens with two attached hydrogens (primary N) is 1. The molecule has 8 nitrogen and oxygen atoms in total. The minimum atomic E-state index is -3.95. The van der Waals surface area contributed by atoms with Crippen LogP contribution in [0.3, 0.4) is 0 Å². The lowest BCUT2D eigenvalue weighted by atomic mass is 10.2. The standard InChI is InChI=1S/C19H18N4O4S2/c1-12-5-7-13(8-6-12)23-29(26,27)16-9-10-28-17(16)18(24)21-14-3-2-4-15(11-14)22-19(20)25/h2-11,23H,1H3,(H,21,24)(H3,20,22,25). The molecule has 0 saturated carbocycles. The smallest absolute Gasteiger partial charge is 0.316 e. The van der Waals surface area contributed by atoms with Crippen molar-refractivity contribution >= 4 is 50.4 Å². The number of rotatable bonds is 6. The van der Waals surface area contributed by atoms with Gasteiger partial charge >= 0.3 is 6.03 Å². The van der Waals surface area contributed by atoms with Gasteiger partial charge in [0, 0.05) is 17.1 Å². The van der Waals surface area contributed by atoms with Crippen molar-refractivity contribution in [2.45, 2.75) is 11.8 Å². The number of carbonyl (C=O) groups is 2. The number of primary amides is 1. The van der Waals surface area contributed by atoms with Crippen LogP contribution in [0.25, 0.3) is 0 Å². The van der Waals surface area contributed by atoms with Crippen molar-refractivity contribution < 1.29 is 18.0 Å². The first-order valence-electron chi connectivity index (χ1n) is 8.39. The van der Waals surface area contributed by atoms with E-state index < -0.39 is 22.0 Å². The number of hydrogen-bond acceptors (Lipinski definition) is 5. The van der Waals surface area contributed by atoms with Crippen molar-refractivity contribution in [2.24, 2.45) is 5.73 Å². The van der Waals surface area contributed by atoms with Crippen molar-refractivity contribution in [3.8, 4) is 0 Å². The van der Waals surface area contributed by atoms with E-state index in [0.717, 1.165) is 16.9 Å². The summed E-state index contributed by atoms with van der Waals surface area (Å²) in [5.41, 5.74) is 7.26. The van der Waals surface area contributed by atoms with Crippen LogP contribution >= 0.6 is 11.3 Å². The normalized spacial score (nSPS) is 10.9. The van der Waals surface area contributed by atoms with E-state index in [9.17, 15) is 18.0 Å². The molecule has 0 fully saturated rings. The van der Waals surface area contributed by atoms with Gasteiger partial charge in [-0.3, -0.25) is 9.52 Å². The third-order valence-corrected chi connectivity index (χ3v) is 6.28. The highest BCUT2D eigenvalue weighted by atomic mass is 32.2. The van der Waals surface area contributed by atoms with Gasteiger partial charge in [0.15, 0.2) is 0 Å². The fourth-order valence-electron chi connectivity index (χ4n) is 2.51. The maximum Gasteiger partial charge on any atom is 0.316 e. The molecule has 0 aliphatic heterocycles. The van der Waals surface area contributed by atoms with Crippen molar-refractivity contribution in [3.05, 3.63) is 70.4 Å². The number of hydrogen-bond donors (Lipinski definition) is 4. The quantitative estimate of drug-likeness (QED) is 0.476. The molecule has 0 spiro atoms. The van der Waals surface area contributed by atoms with Crippen LogP contribution in [0.1, 0.15) is 15.2 Å². The van der Waals surface area contributed by atoms with Crippen LogP contribution in [0.5, 0.6) is 0 Å². The first-order valence-corrected chi connectivity index (χ1v) is 10.8. The molecule has 3 rings (SSSR count). The summed E-state index contributed by atoms with van der Waals surface area (Å²) in [5.74, 6) is -0.583. The number of benzene rings is 2. The third kappa shape index (κ3) is 5.12. The van der Waals surface area contributed by atoms with E-state index in [1.54, 1.807) is 42.5 Å². The number of amides is 3. The Balaban J connectivity index is 1.81. The van der Waals surface area contributed by atoms with Gasteiger partial charge in [0.05, 0.1) is 0 Å². The topological polar surface area (TPSA) is 130 Å². The highest BCUT2D eigenvalue weighted by molar-refractivity contribution is 7.93. The van der Waals surface area contributed by atoms with Gasteiger partial charge in [-0.25, -0.2) is 13.2 Å². The molecule has 0 unspecified atom stereocenters. The van der Waals surface area contributed by atoms with Gasteiger partial charge in [-0.1, -0.05) is 23.8 Å². The fourth-order valence-corrected chi connectivity index (χ4v) is 4.89. The van der Waals surface area contributed by atoms with Crippen molar-refractivity contribution in [1.29, 1.82) is 0 Å². The summed E-state index contributed by atoms with van der Waals surface area (Å²) in [6.07, 6.45) is 0. The molecule has 29 heavy (non-hydrogen) atoms. The van der Waals surface area contributed by atoms with E-state index in [0.29, 0.717) is 17.1 Å². The minimum absolute atomic E-state index is 0.0397. The highest BCUT2D eigenvalue weighted by Crippen LogP contribution is 2.26. The van der Waals surface area contributed by atoms with Crippen LogP contribution in [-0.4, -0.2) is 20.4 Å². The second-order valence-corrected chi connectivity index (χ2v) is 8.68. The van der Waals surface area contributed by atoms with Crippen molar-refractivity contribution in [3.63, 3.8) is 0 Å². The summed E-state index contributed by atoms with van der Waals surface area (Å²) in [4.78, 5) is 23.6. The molecule has 2 aromatic carbocycles. The largest absolute Gasteiger partial charge is 0.351 e. The molecule has 0 bridgehead atoms. The number of nitrogens with one attached hydrogen (secondary N) is 3. The fraction of sp³-hybridized carbons (Fsp3) is 0.0526. The molecule has 0 aliphatic rings. The maximum absolute atomic E-state index is 12.8. The van der Waals surface area contributed by atoms with Gasteiger partial charge in [0.1, 0.15) is 9.77 Å². The van der Waals surface area contributed by atoms with Gasteiger partial charge in [-0.15, -0.1) is 11.3 Å². The van der Waals surface area contributed by atoms with Gasteiger partial charge in [-0.05, 0) is 48.7 Å². The van der Waals surface area contributed by atoms with Gasteiger partial charge in [0.25, 0.3) is 15.9 Å². The first kappa shape index (κ1) is 20.4. The molecular weight excluding hydrogens is 412 g/mol. The lowest BCUT2D eigenvalue weighted by Gasteiger charge is -2.10. The average Bonchev–Trinajstić information content (AvgIpc) is 3.14. The number of urea groups is 1. The Morgan fingerprint density at radius 2 is 1.59 bits per heavy atom. The zero-order chi connectivity index (χ0) is 21.0. The van der Waals surface area contributed by atoms with E-state index >= 15 is 0 Å². The second-order valence-electron chi connectivity index (χ2n) is 6.11. The molecule has 5 N–H and O–H groups in total. The predicted molar refractivity (Wildman–Crippen MR) is 114 cm³/mol.